The van der Waals surface area contributed by atoms with Crippen LogP contribution in [0, 0.1) is 5.92 Å². The Balaban J connectivity index is 2.14. The third kappa shape index (κ3) is 6.95. The molecule has 0 saturated carbocycles. The molecule has 0 spiro atoms. The highest BCUT2D eigenvalue weighted by molar-refractivity contribution is 5.98. The number of aromatic nitrogens is 1. The number of rotatable bonds is 10. The molecule has 7 heteroatoms. The summed E-state index contributed by atoms with van der Waals surface area (Å²) in [5, 5.41) is 11.5. The molecule has 0 radical (unpaired) electrons. The van der Waals surface area contributed by atoms with Gasteiger partial charge in [0, 0.05) is 36.2 Å². The molecule has 1 heterocycles. The van der Waals surface area contributed by atoms with E-state index < -0.39 is 23.8 Å². The Kier molecular flexibility index (Phi) is 7.77. The van der Waals surface area contributed by atoms with Crippen LogP contribution in [0.3, 0.4) is 0 Å². The molecule has 0 fully saturated rings. The van der Waals surface area contributed by atoms with Crippen molar-refractivity contribution < 1.29 is 24.3 Å². The van der Waals surface area contributed by atoms with Crippen LogP contribution in [0.15, 0.2) is 48.7 Å². The van der Waals surface area contributed by atoms with E-state index >= 15 is 0 Å². The maximum atomic E-state index is 12.7. The van der Waals surface area contributed by atoms with Crippen molar-refractivity contribution in [2.45, 2.75) is 39.2 Å². The van der Waals surface area contributed by atoms with E-state index in [1.165, 1.54) is 20.0 Å². The molecule has 1 aromatic carbocycles. The first kappa shape index (κ1) is 21.9. The van der Waals surface area contributed by atoms with Gasteiger partial charge in [0.25, 0.3) is 0 Å². The molecule has 1 aromatic heterocycles. The Morgan fingerprint density at radius 3 is 2.31 bits per heavy atom. The minimum absolute atomic E-state index is 0.0243. The summed E-state index contributed by atoms with van der Waals surface area (Å²) in [6.07, 6.45) is 1.82. The third-order valence-corrected chi connectivity index (χ3v) is 4.43. The molecule has 0 aliphatic heterocycles. The molecule has 152 valence electrons. The van der Waals surface area contributed by atoms with Crippen LogP contribution in [0.5, 0.6) is 0 Å². The van der Waals surface area contributed by atoms with Crippen LogP contribution in [0.1, 0.15) is 41.9 Å². The second-order valence-electron chi connectivity index (χ2n) is 7.00. The minimum atomic E-state index is -1.15. The van der Waals surface area contributed by atoms with Crippen molar-refractivity contribution in [2.75, 3.05) is 0 Å². The number of benzene rings is 1. The quantitative estimate of drug-likeness (QED) is 0.596. The van der Waals surface area contributed by atoms with Crippen molar-refractivity contribution in [3.05, 3.63) is 65.5 Å². The predicted octanol–water partition coefficient (Wildman–Crippen LogP) is 2.23. The minimum Gasteiger partial charge on any atom is -0.480 e. The second kappa shape index (κ2) is 10.3. The molecule has 0 aliphatic rings. The Morgan fingerprint density at radius 1 is 1.07 bits per heavy atom. The van der Waals surface area contributed by atoms with E-state index in [-0.39, 0.29) is 24.4 Å². The normalized spacial score (nSPS) is 12.6. The molecular formula is C22H24N2O5. The molecule has 2 rings (SSSR count). The zero-order valence-electron chi connectivity index (χ0n) is 16.4. The zero-order chi connectivity index (χ0) is 21.4. The van der Waals surface area contributed by atoms with Gasteiger partial charge in [0.05, 0.1) is 0 Å². The lowest BCUT2D eigenvalue weighted by Crippen LogP contribution is -2.42. The van der Waals surface area contributed by atoms with Crippen molar-refractivity contribution in [2.24, 2.45) is 5.92 Å². The van der Waals surface area contributed by atoms with Crippen LogP contribution in [0.2, 0.25) is 0 Å². The molecule has 2 N–H and O–H groups in total. The first-order chi connectivity index (χ1) is 13.8. The Bertz CT molecular complexity index is 878. The number of nitrogens with zero attached hydrogens (tertiary/aromatic N) is 1. The summed E-state index contributed by atoms with van der Waals surface area (Å²) < 4.78 is 0. The van der Waals surface area contributed by atoms with Crippen LogP contribution in [-0.4, -0.2) is 39.6 Å². The van der Waals surface area contributed by atoms with Crippen LogP contribution in [0.25, 0.3) is 0 Å². The first-order valence-corrected chi connectivity index (χ1v) is 9.31. The molecular weight excluding hydrogens is 372 g/mol. The average molecular weight is 396 g/mol. The summed E-state index contributed by atoms with van der Waals surface area (Å²) in [6.45, 7) is 2.84. The number of carbonyl (C=O) groups excluding carboxylic acids is 3. The summed E-state index contributed by atoms with van der Waals surface area (Å²) >= 11 is 0. The van der Waals surface area contributed by atoms with Crippen molar-refractivity contribution in [3.8, 4) is 0 Å². The summed E-state index contributed by atoms with van der Waals surface area (Å²) in [5.74, 6) is -2.65. The van der Waals surface area contributed by atoms with Gasteiger partial charge in [0.15, 0.2) is 5.78 Å². The average Bonchev–Trinajstić information content (AvgIpc) is 2.68. The van der Waals surface area contributed by atoms with Gasteiger partial charge in [-0.3, -0.25) is 24.2 Å². The highest BCUT2D eigenvalue weighted by Gasteiger charge is 2.26. The van der Waals surface area contributed by atoms with E-state index in [1.54, 1.807) is 12.1 Å². The van der Waals surface area contributed by atoms with Crippen LogP contribution < -0.4 is 5.32 Å². The Labute approximate surface area is 169 Å². The van der Waals surface area contributed by atoms with Gasteiger partial charge in [-0.05, 0) is 38.0 Å². The molecule has 0 saturated heterocycles. The molecule has 0 bridgehead atoms. The fraction of sp³-hybridized carbons (Fsp3) is 0.318. The van der Waals surface area contributed by atoms with E-state index in [0.717, 1.165) is 5.56 Å². The summed E-state index contributed by atoms with van der Waals surface area (Å²) in [7, 11) is 0. The smallest absolute Gasteiger partial charge is 0.325 e. The number of carboxylic acids is 1. The van der Waals surface area contributed by atoms with E-state index in [1.807, 2.05) is 30.3 Å². The number of hydrogen-bond donors (Lipinski definition) is 2. The van der Waals surface area contributed by atoms with E-state index in [0.29, 0.717) is 17.7 Å². The number of ketones is 2. The summed E-state index contributed by atoms with van der Waals surface area (Å²) in [4.78, 5) is 51.7. The number of amides is 1. The molecule has 0 unspecified atom stereocenters. The van der Waals surface area contributed by atoms with Gasteiger partial charge in [-0.25, -0.2) is 0 Å². The fourth-order valence-electron chi connectivity index (χ4n) is 2.84. The number of pyridine rings is 1. The number of hydrogen-bond acceptors (Lipinski definition) is 5. The van der Waals surface area contributed by atoms with Crippen LogP contribution in [-0.2, 0) is 27.2 Å². The number of aliphatic carboxylic acids is 1. The number of Topliss-reactive ketones (excluding diaryl/α,β-unsaturated/α-hetero) is 2. The lowest BCUT2D eigenvalue weighted by Gasteiger charge is -2.18. The molecule has 7 nitrogen and oxygen atoms in total. The third-order valence-electron chi connectivity index (χ3n) is 4.43. The highest BCUT2D eigenvalue weighted by atomic mass is 16.4. The van der Waals surface area contributed by atoms with Crippen LogP contribution in [0.4, 0.5) is 0 Å². The van der Waals surface area contributed by atoms with Gasteiger partial charge in [-0.2, -0.15) is 0 Å². The van der Waals surface area contributed by atoms with Gasteiger partial charge >= 0.3 is 5.97 Å². The van der Waals surface area contributed by atoms with Gasteiger partial charge in [0.1, 0.15) is 11.8 Å². The van der Waals surface area contributed by atoms with Crippen molar-refractivity contribution in [1.29, 1.82) is 0 Å². The number of nitrogens with one attached hydrogen (secondary N) is 1. The largest absolute Gasteiger partial charge is 0.480 e. The summed E-state index contributed by atoms with van der Waals surface area (Å²) in [5.41, 5.74) is 1.79. The summed E-state index contributed by atoms with van der Waals surface area (Å²) in [6, 6.07) is 11.4. The van der Waals surface area contributed by atoms with E-state index in [2.05, 4.69) is 10.3 Å². The zero-order valence-corrected chi connectivity index (χ0v) is 16.4. The molecule has 2 aromatic rings. The van der Waals surface area contributed by atoms with Crippen LogP contribution >= 0.6 is 0 Å². The van der Waals surface area contributed by atoms with Gasteiger partial charge in [0.2, 0.25) is 5.91 Å². The van der Waals surface area contributed by atoms with E-state index in [9.17, 15) is 19.2 Å². The maximum absolute atomic E-state index is 12.7. The molecule has 0 aliphatic carbocycles. The van der Waals surface area contributed by atoms with Gasteiger partial charge in [-0.1, -0.05) is 30.3 Å². The molecule has 1 amide bonds. The van der Waals surface area contributed by atoms with Crippen molar-refractivity contribution >= 4 is 23.4 Å². The Hall–Kier alpha value is -3.35. The van der Waals surface area contributed by atoms with Gasteiger partial charge in [-0.15, -0.1) is 0 Å². The maximum Gasteiger partial charge on any atom is 0.325 e. The molecule has 2 atom stereocenters. The van der Waals surface area contributed by atoms with Gasteiger partial charge < -0.3 is 10.4 Å². The lowest BCUT2D eigenvalue weighted by molar-refractivity contribution is -0.141. The first-order valence-electron chi connectivity index (χ1n) is 9.31. The predicted molar refractivity (Wildman–Crippen MR) is 106 cm³/mol. The lowest BCUT2D eigenvalue weighted by atomic mass is 9.91. The fourth-order valence-corrected chi connectivity index (χ4v) is 2.84. The molecule has 29 heavy (non-hydrogen) atoms. The monoisotopic (exact) mass is 396 g/mol. The second-order valence-corrected chi connectivity index (χ2v) is 7.00. The number of carboxylic acid groups (broad SMARTS) is 1. The Morgan fingerprint density at radius 2 is 1.76 bits per heavy atom. The van der Waals surface area contributed by atoms with Crippen molar-refractivity contribution in [1.82, 2.24) is 10.3 Å². The highest BCUT2D eigenvalue weighted by Crippen LogP contribution is 2.17. The van der Waals surface area contributed by atoms with E-state index in [4.69, 9.17) is 5.11 Å². The SMILES string of the molecule is CC(=O)Cc1ccc(C(=O)C[C@@H](Cc2ccccc2)C(=O)N[C@@H](C)C(=O)O)cn1. The standard InChI is InChI=1S/C22H24N2O5/c1-14(25)10-19-9-8-17(13-23-19)20(26)12-18(11-16-6-4-3-5-7-16)21(27)24-15(2)22(28)29/h3-9,13,15,18H,10-12H2,1-2H3,(H,24,27)(H,28,29)/t15-,18+/m0/s1. The number of carbonyl (C=O) groups is 4. The van der Waals surface area contributed by atoms with Crippen molar-refractivity contribution in [3.63, 3.8) is 0 Å². The topological polar surface area (TPSA) is 113 Å².